The molecule has 2 heterocycles. The first-order chi connectivity index (χ1) is 17.2. The number of rotatable bonds is 6. The molecular weight excluding hydrogens is 492 g/mol. The first kappa shape index (κ1) is 27.6. The lowest BCUT2D eigenvalue weighted by atomic mass is 9.69. The molecule has 0 spiro atoms. The minimum atomic E-state index is -1.07. The predicted octanol–water partition coefficient (Wildman–Crippen LogP) is 5.14. The quantitative estimate of drug-likeness (QED) is 0.311. The van der Waals surface area contributed by atoms with E-state index in [9.17, 15) is 9.59 Å². The number of amides is 2. The van der Waals surface area contributed by atoms with Crippen molar-refractivity contribution in [2.24, 2.45) is 16.3 Å². The highest BCUT2D eigenvalue weighted by molar-refractivity contribution is 7.80. The smallest absolute Gasteiger partial charge is 0.242 e. The van der Waals surface area contributed by atoms with Crippen molar-refractivity contribution < 1.29 is 9.59 Å². The Kier molecular flexibility index (Phi) is 9.40. The molecule has 1 saturated heterocycles. The summed E-state index contributed by atoms with van der Waals surface area (Å²) in [4.78, 5) is 31.2. The number of hydrogen-bond acceptors (Lipinski definition) is 5. The van der Waals surface area contributed by atoms with Gasteiger partial charge in [0.15, 0.2) is 5.11 Å². The zero-order valence-electron chi connectivity index (χ0n) is 21.0. The lowest BCUT2D eigenvalue weighted by molar-refractivity contribution is -0.147. The van der Waals surface area contributed by atoms with Gasteiger partial charge in [-0.05, 0) is 49.2 Å². The number of thiocarbonyl (C=S) groups is 1. The Morgan fingerprint density at radius 2 is 1.86 bits per heavy atom. The lowest BCUT2D eigenvalue weighted by Gasteiger charge is -2.38. The molecule has 6 nitrogen and oxygen atoms in total. The molecule has 1 fully saturated rings. The van der Waals surface area contributed by atoms with Gasteiger partial charge in [-0.2, -0.15) is 0 Å². The van der Waals surface area contributed by atoms with Crippen molar-refractivity contribution in [1.29, 1.82) is 0 Å². The topological polar surface area (TPSA) is 73.8 Å². The van der Waals surface area contributed by atoms with Crippen LogP contribution in [-0.4, -0.2) is 42.8 Å². The molecule has 190 valence electrons. The number of aliphatic imine (C=N–C) groups is 1. The van der Waals surface area contributed by atoms with E-state index in [1.807, 2.05) is 44.2 Å². The summed E-state index contributed by atoms with van der Waals surface area (Å²) >= 11 is 11.0. The number of hydrogen-bond donors (Lipinski definition) is 2. The first-order valence-electron chi connectivity index (χ1n) is 12.1. The van der Waals surface area contributed by atoms with Gasteiger partial charge < -0.3 is 15.5 Å². The minimum absolute atomic E-state index is 0.0476. The maximum Gasteiger partial charge on any atom is 0.242 e. The average Bonchev–Trinajstić information content (AvgIpc) is 3.00. The number of likely N-dealkylation sites (N-methyl/N-ethyl adjacent to an activating group) is 1. The van der Waals surface area contributed by atoms with Crippen LogP contribution in [0.1, 0.15) is 44.2 Å². The normalized spacial score (nSPS) is 17.4. The van der Waals surface area contributed by atoms with Gasteiger partial charge in [0.1, 0.15) is 5.41 Å². The summed E-state index contributed by atoms with van der Waals surface area (Å²) in [6.45, 7) is 9.30. The van der Waals surface area contributed by atoms with Gasteiger partial charge in [-0.25, -0.2) is 0 Å². The standard InChI is InChI=1S/C16H15ClN2.C12H18N2O2S/c1-19-10-9-18-16(12-5-3-2-4-6-12)14-11-13(17)7-8-15(14)19;1-4-6-8(3)12(7-5-2)9(15)13-11(17)14-10(12)16/h2-8,11H,9-10H2,1H3;5,8H,2,4,6-7H2,1,3H3,(H2,13,14,15,16,17). The summed E-state index contributed by atoms with van der Waals surface area (Å²) in [7, 11) is 2.09. The Morgan fingerprint density at radius 1 is 1.19 bits per heavy atom. The van der Waals surface area contributed by atoms with E-state index in [1.54, 1.807) is 6.08 Å². The van der Waals surface area contributed by atoms with E-state index >= 15 is 0 Å². The minimum Gasteiger partial charge on any atom is -0.372 e. The number of anilines is 1. The molecule has 8 heteroatoms. The summed E-state index contributed by atoms with van der Waals surface area (Å²) < 4.78 is 0. The van der Waals surface area contributed by atoms with E-state index in [4.69, 9.17) is 28.8 Å². The number of carbonyl (C=O) groups excluding carboxylic acids is 2. The van der Waals surface area contributed by atoms with E-state index in [-0.39, 0.29) is 22.8 Å². The van der Waals surface area contributed by atoms with Gasteiger partial charge >= 0.3 is 0 Å². The van der Waals surface area contributed by atoms with Crippen LogP contribution in [0.3, 0.4) is 0 Å². The second kappa shape index (κ2) is 12.3. The lowest BCUT2D eigenvalue weighted by Crippen LogP contribution is -2.64. The third-order valence-corrected chi connectivity index (χ3v) is 7.11. The molecule has 1 atom stereocenters. The molecule has 2 aliphatic heterocycles. The van der Waals surface area contributed by atoms with Crippen molar-refractivity contribution in [2.45, 2.75) is 33.1 Å². The molecule has 0 bridgehead atoms. The van der Waals surface area contributed by atoms with Gasteiger partial charge in [-0.3, -0.25) is 14.6 Å². The number of benzodiazepines with no additional fused rings is 1. The van der Waals surface area contributed by atoms with Crippen molar-refractivity contribution in [2.75, 3.05) is 25.0 Å². The highest BCUT2D eigenvalue weighted by Crippen LogP contribution is 2.37. The molecule has 4 rings (SSSR count). The molecule has 0 saturated carbocycles. The van der Waals surface area contributed by atoms with E-state index in [2.05, 4.69) is 47.4 Å². The SMILES string of the molecule is C=CCC1(C(C)CCC)C(=O)NC(=S)NC1=O.CN1CCN=C(c2ccccc2)c2cc(Cl)ccc21. The van der Waals surface area contributed by atoms with Crippen molar-refractivity contribution in [3.8, 4) is 0 Å². The molecule has 0 aliphatic carbocycles. The highest BCUT2D eigenvalue weighted by Gasteiger charge is 2.51. The number of fused-ring (bicyclic) bond motifs is 1. The molecule has 2 aliphatic rings. The fourth-order valence-electron chi connectivity index (χ4n) is 4.70. The monoisotopic (exact) mass is 524 g/mol. The maximum atomic E-state index is 12.1. The van der Waals surface area contributed by atoms with Crippen molar-refractivity contribution >= 4 is 52.1 Å². The highest BCUT2D eigenvalue weighted by atomic mass is 35.5. The number of allylic oxidation sites excluding steroid dienone is 1. The number of carbonyl (C=O) groups is 2. The van der Waals surface area contributed by atoms with Crippen molar-refractivity contribution in [1.82, 2.24) is 10.6 Å². The number of nitrogens with one attached hydrogen (secondary N) is 2. The molecule has 2 N–H and O–H groups in total. The molecule has 36 heavy (non-hydrogen) atoms. The molecule has 2 amide bonds. The van der Waals surface area contributed by atoms with Crippen LogP contribution in [0.4, 0.5) is 5.69 Å². The van der Waals surface area contributed by atoms with Crippen LogP contribution in [0.2, 0.25) is 5.02 Å². The number of halogens is 1. The second-order valence-corrected chi connectivity index (χ2v) is 9.92. The Labute approximate surface area is 223 Å². The Bertz CT molecular complexity index is 1150. The maximum absolute atomic E-state index is 12.1. The zero-order valence-corrected chi connectivity index (χ0v) is 22.6. The Balaban J connectivity index is 0.000000202. The third-order valence-electron chi connectivity index (χ3n) is 6.67. The second-order valence-electron chi connectivity index (χ2n) is 9.07. The molecule has 2 aromatic carbocycles. The number of benzene rings is 2. The molecule has 2 aromatic rings. The molecular formula is C28H33ClN4O2S. The summed E-state index contributed by atoms with van der Waals surface area (Å²) in [6, 6.07) is 16.3. The summed E-state index contributed by atoms with van der Waals surface area (Å²) in [5, 5.41) is 5.91. The van der Waals surface area contributed by atoms with Crippen LogP contribution in [0, 0.1) is 11.3 Å². The van der Waals surface area contributed by atoms with Gasteiger partial charge in [-0.15, -0.1) is 6.58 Å². The van der Waals surface area contributed by atoms with Gasteiger partial charge in [0.2, 0.25) is 11.8 Å². The van der Waals surface area contributed by atoms with Gasteiger partial charge in [0.05, 0.1) is 12.3 Å². The molecule has 1 unspecified atom stereocenters. The van der Waals surface area contributed by atoms with Gasteiger partial charge in [0.25, 0.3) is 0 Å². The van der Waals surface area contributed by atoms with Crippen molar-refractivity contribution in [3.05, 3.63) is 77.3 Å². The van der Waals surface area contributed by atoms with Crippen molar-refractivity contribution in [3.63, 3.8) is 0 Å². The van der Waals surface area contributed by atoms with Crippen LogP contribution in [-0.2, 0) is 9.59 Å². The van der Waals surface area contributed by atoms with Gasteiger partial charge in [-0.1, -0.05) is 68.3 Å². The van der Waals surface area contributed by atoms with Crippen LogP contribution in [0.5, 0.6) is 0 Å². The van der Waals surface area contributed by atoms with Crippen LogP contribution < -0.4 is 15.5 Å². The van der Waals surface area contributed by atoms with E-state index < -0.39 is 5.41 Å². The van der Waals surface area contributed by atoms with Crippen LogP contribution in [0.15, 0.2) is 66.2 Å². The predicted molar refractivity (Wildman–Crippen MR) is 152 cm³/mol. The van der Waals surface area contributed by atoms with E-state index in [1.165, 1.54) is 5.69 Å². The Hall–Kier alpha value is -3.03. The van der Waals surface area contributed by atoms with Gasteiger partial charge in [0, 0.05) is 35.4 Å². The van der Waals surface area contributed by atoms with E-state index in [0.29, 0.717) is 6.42 Å². The third kappa shape index (κ3) is 5.85. The van der Waals surface area contributed by atoms with Crippen LogP contribution in [0.25, 0.3) is 0 Å². The number of nitrogens with zero attached hydrogens (tertiary/aromatic N) is 2. The summed E-state index contributed by atoms with van der Waals surface area (Å²) in [6.07, 6.45) is 3.67. The fourth-order valence-corrected chi connectivity index (χ4v) is 5.05. The molecule has 0 radical (unpaired) electrons. The van der Waals surface area contributed by atoms with Crippen LogP contribution >= 0.6 is 23.8 Å². The fraction of sp³-hybridized carbons (Fsp3) is 0.357. The summed E-state index contributed by atoms with van der Waals surface area (Å²) in [5.74, 6) is -0.673. The van der Waals surface area contributed by atoms with E-state index in [0.717, 1.165) is 47.8 Å². The average molecular weight is 525 g/mol. The first-order valence-corrected chi connectivity index (χ1v) is 12.9. The molecule has 0 aromatic heterocycles. The largest absolute Gasteiger partial charge is 0.372 e. The Morgan fingerprint density at radius 3 is 2.47 bits per heavy atom. The zero-order chi connectivity index (χ0) is 26.3. The summed E-state index contributed by atoms with van der Waals surface area (Å²) in [5.41, 5.74) is 3.40.